The van der Waals surface area contributed by atoms with Gasteiger partial charge in [-0.1, -0.05) is 18.2 Å². The first-order chi connectivity index (χ1) is 7.07. The summed E-state index contributed by atoms with van der Waals surface area (Å²) in [4.78, 5) is 2.02. The lowest BCUT2D eigenvalue weighted by atomic mass is 10.1. The molecule has 0 radical (unpaired) electrons. The molecule has 1 saturated heterocycles. The first-order valence-electron chi connectivity index (χ1n) is 4.95. The second-order valence-corrected chi connectivity index (χ2v) is 3.78. The molecular formula is C11H12F3N. The minimum absolute atomic E-state index is 0.379. The number of halogens is 3. The minimum atomic E-state index is -4.23. The molecule has 1 aliphatic rings. The van der Waals surface area contributed by atoms with Crippen LogP contribution < -0.4 is 0 Å². The Hall–Kier alpha value is -1.03. The lowest BCUT2D eigenvalue weighted by Crippen LogP contribution is -2.36. The molecule has 1 nitrogen and oxygen atoms in total. The van der Waals surface area contributed by atoms with E-state index in [4.69, 9.17) is 0 Å². The second-order valence-electron chi connectivity index (χ2n) is 3.78. The summed E-state index contributed by atoms with van der Waals surface area (Å²) >= 11 is 0. The van der Waals surface area contributed by atoms with Crippen LogP contribution in [0.15, 0.2) is 24.3 Å². The normalized spacial score (nSPS) is 17.5. The van der Waals surface area contributed by atoms with E-state index in [1.807, 2.05) is 4.90 Å². The second kappa shape index (κ2) is 3.85. The summed E-state index contributed by atoms with van der Waals surface area (Å²) in [5, 5.41) is 0. The molecule has 0 aliphatic carbocycles. The third-order valence-electron chi connectivity index (χ3n) is 2.67. The van der Waals surface area contributed by atoms with Gasteiger partial charge in [0.05, 0.1) is 5.56 Å². The Morgan fingerprint density at radius 1 is 1.13 bits per heavy atom. The number of alkyl halides is 3. The van der Waals surface area contributed by atoms with Crippen molar-refractivity contribution in [1.82, 2.24) is 4.90 Å². The lowest BCUT2D eigenvalue weighted by molar-refractivity contribution is -0.138. The van der Waals surface area contributed by atoms with Crippen LogP contribution in [-0.4, -0.2) is 18.0 Å². The van der Waals surface area contributed by atoms with Gasteiger partial charge in [-0.25, -0.2) is 0 Å². The van der Waals surface area contributed by atoms with Crippen LogP contribution >= 0.6 is 0 Å². The minimum Gasteiger partial charge on any atom is -0.299 e. The van der Waals surface area contributed by atoms with Crippen molar-refractivity contribution in [2.45, 2.75) is 19.1 Å². The van der Waals surface area contributed by atoms with Crippen molar-refractivity contribution in [3.63, 3.8) is 0 Å². The van der Waals surface area contributed by atoms with E-state index < -0.39 is 11.7 Å². The number of hydrogen-bond donors (Lipinski definition) is 0. The van der Waals surface area contributed by atoms with Gasteiger partial charge in [-0.2, -0.15) is 13.2 Å². The molecule has 82 valence electrons. The molecule has 0 spiro atoms. The monoisotopic (exact) mass is 215 g/mol. The zero-order chi connectivity index (χ0) is 10.9. The van der Waals surface area contributed by atoms with Gasteiger partial charge >= 0.3 is 6.18 Å². The summed E-state index contributed by atoms with van der Waals surface area (Å²) in [6.45, 7) is 2.23. The number of hydrogen-bond acceptors (Lipinski definition) is 1. The highest BCUT2D eigenvalue weighted by Crippen LogP contribution is 2.32. The fourth-order valence-electron chi connectivity index (χ4n) is 1.72. The van der Waals surface area contributed by atoms with Crippen LogP contribution in [0.25, 0.3) is 0 Å². The van der Waals surface area contributed by atoms with Crippen molar-refractivity contribution in [2.75, 3.05) is 13.1 Å². The van der Waals surface area contributed by atoms with Crippen molar-refractivity contribution < 1.29 is 13.2 Å². The number of rotatable bonds is 2. The smallest absolute Gasteiger partial charge is 0.299 e. The van der Waals surface area contributed by atoms with Gasteiger partial charge in [0.1, 0.15) is 0 Å². The van der Waals surface area contributed by atoms with Crippen LogP contribution in [0.5, 0.6) is 0 Å². The summed E-state index contributed by atoms with van der Waals surface area (Å²) in [7, 11) is 0. The Morgan fingerprint density at radius 2 is 1.80 bits per heavy atom. The van der Waals surface area contributed by atoms with Crippen LogP contribution in [0.2, 0.25) is 0 Å². The Labute approximate surface area is 86.5 Å². The van der Waals surface area contributed by atoms with Crippen LogP contribution in [0.3, 0.4) is 0 Å². The predicted molar refractivity (Wildman–Crippen MR) is 51.3 cm³/mol. The van der Waals surface area contributed by atoms with Crippen molar-refractivity contribution in [3.05, 3.63) is 35.4 Å². The van der Waals surface area contributed by atoms with Gasteiger partial charge in [-0.05, 0) is 31.1 Å². The molecule has 1 aromatic carbocycles. The van der Waals surface area contributed by atoms with E-state index >= 15 is 0 Å². The van der Waals surface area contributed by atoms with Crippen LogP contribution in [-0.2, 0) is 12.7 Å². The third kappa shape index (κ3) is 2.31. The van der Waals surface area contributed by atoms with Crippen molar-refractivity contribution in [3.8, 4) is 0 Å². The fourth-order valence-corrected chi connectivity index (χ4v) is 1.72. The van der Waals surface area contributed by atoms with Gasteiger partial charge < -0.3 is 0 Å². The highest BCUT2D eigenvalue weighted by atomic mass is 19.4. The molecule has 4 heteroatoms. The van der Waals surface area contributed by atoms with Crippen LogP contribution in [0, 0.1) is 0 Å². The number of likely N-dealkylation sites (tertiary alicyclic amines) is 1. The molecule has 15 heavy (non-hydrogen) atoms. The van der Waals surface area contributed by atoms with E-state index in [0.29, 0.717) is 12.1 Å². The van der Waals surface area contributed by atoms with Crippen molar-refractivity contribution in [2.24, 2.45) is 0 Å². The van der Waals surface area contributed by atoms with E-state index in [9.17, 15) is 13.2 Å². The van der Waals surface area contributed by atoms with Gasteiger partial charge in [0.15, 0.2) is 0 Å². The molecule has 0 atom stereocenters. The van der Waals surface area contributed by atoms with E-state index in [0.717, 1.165) is 25.6 Å². The summed E-state index contributed by atoms with van der Waals surface area (Å²) in [5.41, 5.74) is -0.124. The van der Waals surface area contributed by atoms with Gasteiger partial charge in [0.25, 0.3) is 0 Å². The van der Waals surface area contributed by atoms with E-state index in [1.54, 1.807) is 12.1 Å². The van der Waals surface area contributed by atoms with E-state index in [1.165, 1.54) is 6.07 Å². The summed E-state index contributed by atoms with van der Waals surface area (Å²) in [6, 6.07) is 5.79. The molecule has 0 unspecified atom stereocenters. The van der Waals surface area contributed by atoms with Gasteiger partial charge in [-0.15, -0.1) is 0 Å². The van der Waals surface area contributed by atoms with E-state index in [2.05, 4.69) is 0 Å². The maximum atomic E-state index is 12.6. The summed E-state index contributed by atoms with van der Waals surface area (Å²) in [5.74, 6) is 0. The number of nitrogens with zero attached hydrogens (tertiary/aromatic N) is 1. The Balaban J connectivity index is 2.21. The van der Waals surface area contributed by atoms with Gasteiger partial charge in [-0.3, -0.25) is 4.90 Å². The highest BCUT2D eigenvalue weighted by molar-refractivity contribution is 5.29. The number of benzene rings is 1. The Kier molecular flexibility index (Phi) is 2.69. The highest BCUT2D eigenvalue weighted by Gasteiger charge is 2.33. The topological polar surface area (TPSA) is 3.24 Å². The standard InChI is InChI=1S/C11H12F3N/c12-11(13,14)10-5-2-1-4-9(10)8-15-6-3-7-15/h1-2,4-5H,3,6-8H2. The molecule has 1 fully saturated rings. The maximum absolute atomic E-state index is 12.6. The maximum Gasteiger partial charge on any atom is 0.416 e. The van der Waals surface area contributed by atoms with Crippen molar-refractivity contribution in [1.29, 1.82) is 0 Å². The molecule has 0 aromatic heterocycles. The zero-order valence-electron chi connectivity index (χ0n) is 8.22. The van der Waals surface area contributed by atoms with Gasteiger partial charge in [0, 0.05) is 6.54 Å². The molecule has 1 heterocycles. The SMILES string of the molecule is FC(F)(F)c1ccccc1CN1CCC1. The van der Waals surface area contributed by atoms with Crippen LogP contribution in [0.4, 0.5) is 13.2 Å². The summed E-state index contributed by atoms with van der Waals surface area (Å²) < 4.78 is 37.8. The molecule has 0 amide bonds. The molecule has 0 saturated carbocycles. The van der Waals surface area contributed by atoms with Gasteiger partial charge in [0.2, 0.25) is 0 Å². The molecule has 1 aliphatic heterocycles. The molecule has 2 rings (SSSR count). The van der Waals surface area contributed by atoms with Crippen LogP contribution in [0.1, 0.15) is 17.5 Å². The predicted octanol–water partition coefficient (Wildman–Crippen LogP) is 2.91. The zero-order valence-corrected chi connectivity index (χ0v) is 8.22. The third-order valence-corrected chi connectivity index (χ3v) is 2.67. The first-order valence-corrected chi connectivity index (χ1v) is 4.95. The average molecular weight is 215 g/mol. The fraction of sp³-hybridized carbons (Fsp3) is 0.455. The molecular weight excluding hydrogens is 203 g/mol. The largest absolute Gasteiger partial charge is 0.416 e. The Bertz CT molecular complexity index is 342. The first kappa shape index (κ1) is 10.5. The Morgan fingerprint density at radius 3 is 2.33 bits per heavy atom. The summed E-state index contributed by atoms with van der Waals surface area (Å²) in [6.07, 6.45) is -3.14. The quantitative estimate of drug-likeness (QED) is 0.733. The van der Waals surface area contributed by atoms with E-state index in [-0.39, 0.29) is 0 Å². The lowest BCUT2D eigenvalue weighted by Gasteiger charge is -2.31. The average Bonchev–Trinajstić information content (AvgIpc) is 2.10. The van der Waals surface area contributed by atoms with Crippen molar-refractivity contribution >= 4 is 0 Å². The molecule has 1 aromatic rings. The molecule has 0 bridgehead atoms. The molecule has 0 N–H and O–H groups in total.